The zero-order valence-corrected chi connectivity index (χ0v) is 11.5. The van der Waals surface area contributed by atoms with Gasteiger partial charge in [-0.25, -0.2) is 0 Å². The predicted molar refractivity (Wildman–Crippen MR) is 74.2 cm³/mol. The topological polar surface area (TPSA) is 75.4 Å². The number of rotatable bonds is 5. The van der Waals surface area contributed by atoms with E-state index >= 15 is 0 Å². The molecule has 20 heavy (non-hydrogen) atoms. The Hall–Kier alpha value is -2.37. The molecule has 0 saturated heterocycles. The fourth-order valence-corrected chi connectivity index (χ4v) is 2.08. The van der Waals surface area contributed by atoms with Crippen molar-refractivity contribution in [3.63, 3.8) is 0 Å². The van der Waals surface area contributed by atoms with Gasteiger partial charge in [-0.15, -0.1) is 0 Å². The third-order valence-corrected chi connectivity index (χ3v) is 3.09. The summed E-state index contributed by atoms with van der Waals surface area (Å²) >= 11 is 0. The highest BCUT2D eigenvalue weighted by Gasteiger charge is 2.20. The van der Waals surface area contributed by atoms with Gasteiger partial charge in [-0.1, -0.05) is 18.2 Å². The van der Waals surface area contributed by atoms with Crippen molar-refractivity contribution < 1.29 is 14.7 Å². The van der Waals surface area contributed by atoms with E-state index in [1.54, 1.807) is 24.7 Å². The average Bonchev–Trinajstić information content (AvgIpc) is 2.79. The van der Waals surface area contributed by atoms with Crippen LogP contribution in [-0.2, 0) is 16.1 Å². The zero-order chi connectivity index (χ0) is 14.7. The van der Waals surface area contributed by atoms with Crippen molar-refractivity contribution in [3.8, 4) is 0 Å². The van der Waals surface area contributed by atoms with Gasteiger partial charge in [0.15, 0.2) is 0 Å². The van der Waals surface area contributed by atoms with E-state index in [2.05, 4.69) is 5.10 Å². The van der Waals surface area contributed by atoms with Crippen LogP contribution in [0.4, 0.5) is 0 Å². The molecule has 0 aliphatic heterocycles. The number of amides is 1. The minimum absolute atomic E-state index is 0.0406. The summed E-state index contributed by atoms with van der Waals surface area (Å²) < 4.78 is 1.59. The summed E-state index contributed by atoms with van der Waals surface area (Å²) in [5, 5.41) is 14.0. The average molecular weight is 275 g/mol. The Labute approximate surface area is 116 Å². The van der Waals surface area contributed by atoms with Gasteiger partial charge in [0.2, 0.25) is 5.91 Å². The number of nitrogens with zero attached hydrogens (tertiary/aromatic N) is 3. The lowest BCUT2D eigenvalue weighted by atomic mass is 10.2. The van der Waals surface area contributed by atoms with Crippen molar-refractivity contribution in [2.75, 3.05) is 6.54 Å². The highest BCUT2D eigenvalue weighted by Crippen LogP contribution is 2.13. The van der Waals surface area contributed by atoms with Crippen LogP contribution in [-0.4, -0.2) is 44.3 Å². The maximum absolute atomic E-state index is 12.2. The molecule has 1 N–H and O–H groups in total. The summed E-state index contributed by atoms with van der Waals surface area (Å²) in [6.07, 6.45) is 1.69. The molecular weight excluding hydrogens is 258 g/mol. The molecule has 0 aliphatic carbocycles. The first-order valence-corrected chi connectivity index (χ1v) is 6.41. The molecule has 0 bridgehead atoms. The molecule has 1 amide bonds. The van der Waals surface area contributed by atoms with Gasteiger partial charge in [-0.05, 0) is 19.9 Å². The monoisotopic (exact) mass is 275 g/mol. The molecule has 0 saturated carbocycles. The van der Waals surface area contributed by atoms with Gasteiger partial charge < -0.3 is 10.0 Å². The fraction of sp³-hybridized carbons (Fsp3) is 0.357. The normalized spacial score (nSPS) is 10.9. The Morgan fingerprint density at radius 1 is 1.35 bits per heavy atom. The highest BCUT2D eigenvalue weighted by atomic mass is 16.4. The second kappa shape index (κ2) is 5.73. The number of hydrogen-bond acceptors (Lipinski definition) is 3. The summed E-state index contributed by atoms with van der Waals surface area (Å²) in [6.45, 7) is 3.33. The first-order chi connectivity index (χ1) is 9.49. The van der Waals surface area contributed by atoms with Gasteiger partial charge in [0, 0.05) is 11.4 Å². The lowest BCUT2D eigenvalue weighted by molar-refractivity contribution is -0.146. The van der Waals surface area contributed by atoms with Crippen LogP contribution in [0.2, 0.25) is 0 Å². The van der Waals surface area contributed by atoms with Crippen LogP contribution >= 0.6 is 0 Å². The van der Waals surface area contributed by atoms with E-state index in [-0.39, 0.29) is 25.0 Å². The highest BCUT2D eigenvalue weighted by molar-refractivity contribution is 5.84. The summed E-state index contributed by atoms with van der Waals surface area (Å²) in [7, 11) is 0. The van der Waals surface area contributed by atoms with E-state index in [4.69, 9.17) is 5.11 Å². The van der Waals surface area contributed by atoms with Crippen molar-refractivity contribution in [2.24, 2.45) is 0 Å². The van der Waals surface area contributed by atoms with Crippen LogP contribution in [0, 0.1) is 0 Å². The number of aromatic nitrogens is 2. The molecule has 2 aromatic rings. The number of carbonyl (C=O) groups is 2. The van der Waals surface area contributed by atoms with Crippen molar-refractivity contribution in [2.45, 2.75) is 26.4 Å². The third kappa shape index (κ3) is 2.96. The van der Waals surface area contributed by atoms with Crippen LogP contribution in [0.5, 0.6) is 0 Å². The van der Waals surface area contributed by atoms with E-state index in [9.17, 15) is 9.59 Å². The molecule has 0 unspecified atom stereocenters. The molecule has 6 nitrogen and oxygen atoms in total. The van der Waals surface area contributed by atoms with Crippen molar-refractivity contribution in [1.29, 1.82) is 0 Å². The number of carboxylic acids is 1. The van der Waals surface area contributed by atoms with E-state index < -0.39 is 5.97 Å². The largest absolute Gasteiger partial charge is 0.480 e. The summed E-state index contributed by atoms with van der Waals surface area (Å²) in [6, 6.07) is 7.41. The number of aliphatic carboxylic acids is 1. The first-order valence-electron chi connectivity index (χ1n) is 6.41. The van der Waals surface area contributed by atoms with E-state index in [1.807, 2.05) is 24.3 Å². The van der Waals surface area contributed by atoms with Gasteiger partial charge in [0.1, 0.15) is 13.1 Å². The lowest BCUT2D eigenvalue weighted by Crippen LogP contribution is -2.42. The van der Waals surface area contributed by atoms with Crippen LogP contribution in [0.1, 0.15) is 13.8 Å². The van der Waals surface area contributed by atoms with Crippen molar-refractivity contribution in [3.05, 3.63) is 30.5 Å². The summed E-state index contributed by atoms with van der Waals surface area (Å²) in [5.74, 6) is -1.27. The maximum Gasteiger partial charge on any atom is 0.323 e. The Morgan fingerprint density at radius 3 is 2.70 bits per heavy atom. The van der Waals surface area contributed by atoms with E-state index in [0.29, 0.717) is 0 Å². The number of fused-ring (bicyclic) bond motifs is 1. The Morgan fingerprint density at radius 2 is 2.05 bits per heavy atom. The van der Waals surface area contributed by atoms with Crippen LogP contribution in [0.3, 0.4) is 0 Å². The van der Waals surface area contributed by atoms with E-state index in [1.165, 1.54) is 4.90 Å². The standard InChI is InChI=1S/C14H17N3O3/c1-10(2)16(9-14(19)20)13(18)8-17-12-6-4-3-5-11(12)7-15-17/h3-7,10H,8-9H2,1-2H3,(H,19,20). The summed E-state index contributed by atoms with van der Waals surface area (Å²) in [4.78, 5) is 24.4. The van der Waals surface area contributed by atoms with Gasteiger partial charge in [0.05, 0.1) is 11.7 Å². The van der Waals surface area contributed by atoms with Crippen LogP contribution in [0.25, 0.3) is 10.9 Å². The zero-order valence-electron chi connectivity index (χ0n) is 11.5. The van der Waals surface area contributed by atoms with Gasteiger partial charge in [-0.3, -0.25) is 14.3 Å². The number of carbonyl (C=O) groups excluding carboxylic acids is 1. The summed E-state index contributed by atoms with van der Waals surface area (Å²) in [5.41, 5.74) is 0.861. The van der Waals surface area contributed by atoms with Crippen LogP contribution < -0.4 is 0 Å². The van der Waals surface area contributed by atoms with E-state index in [0.717, 1.165) is 10.9 Å². The third-order valence-electron chi connectivity index (χ3n) is 3.09. The number of benzene rings is 1. The second-order valence-corrected chi connectivity index (χ2v) is 4.87. The molecule has 1 aromatic carbocycles. The number of para-hydroxylation sites is 1. The minimum atomic E-state index is -1.02. The molecule has 0 aliphatic rings. The minimum Gasteiger partial charge on any atom is -0.480 e. The molecule has 106 valence electrons. The fourth-order valence-electron chi connectivity index (χ4n) is 2.08. The number of carboxylic acid groups (broad SMARTS) is 1. The number of hydrogen-bond donors (Lipinski definition) is 1. The van der Waals surface area contributed by atoms with Crippen LogP contribution in [0.15, 0.2) is 30.5 Å². The SMILES string of the molecule is CC(C)N(CC(=O)O)C(=O)Cn1ncc2ccccc21. The Bertz CT molecular complexity index is 633. The van der Waals surface area contributed by atoms with Gasteiger partial charge in [0.25, 0.3) is 0 Å². The molecule has 1 heterocycles. The molecular formula is C14H17N3O3. The molecule has 0 fully saturated rings. The first kappa shape index (κ1) is 14.0. The molecule has 0 atom stereocenters. The van der Waals surface area contributed by atoms with Crippen molar-refractivity contribution >= 4 is 22.8 Å². The Balaban J connectivity index is 2.19. The molecule has 6 heteroatoms. The second-order valence-electron chi connectivity index (χ2n) is 4.87. The smallest absolute Gasteiger partial charge is 0.323 e. The van der Waals surface area contributed by atoms with Crippen molar-refractivity contribution in [1.82, 2.24) is 14.7 Å². The van der Waals surface area contributed by atoms with Gasteiger partial charge >= 0.3 is 5.97 Å². The molecule has 2 rings (SSSR count). The van der Waals surface area contributed by atoms with Gasteiger partial charge in [-0.2, -0.15) is 5.10 Å². The quantitative estimate of drug-likeness (QED) is 0.894. The molecule has 0 spiro atoms. The predicted octanol–water partition coefficient (Wildman–Crippen LogP) is 1.36. The molecule has 1 aromatic heterocycles. The molecule has 0 radical (unpaired) electrons. The maximum atomic E-state index is 12.2. The Kier molecular flexibility index (Phi) is 4.02. The lowest BCUT2D eigenvalue weighted by Gasteiger charge is -2.24.